The van der Waals surface area contributed by atoms with E-state index in [2.05, 4.69) is 20.9 Å². The van der Waals surface area contributed by atoms with Gasteiger partial charge in [0.25, 0.3) is 0 Å². The van der Waals surface area contributed by atoms with E-state index in [0.717, 1.165) is 12.0 Å². The number of carbonyl (C=O) groups is 2. The molecule has 0 spiro atoms. The Kier molecular flexibility index (Phi) is 5.03. The van der Waals surface area contributed by atoms with Crippen molar-refractivity contribution in [3.05, 3.63) is 22.9 Å². The van der Waals surface area contributed by atoms with Crippen molar-refractivity contribution in [1.29, 1.82) is 0 Å². The second-order valence-electron chi connectivity index (χ2n) is 4.41. The molecule has 0 radical (unpaired) electrons. The average molecular weight is 310 g/mol. The maximum Gasteiger partial charge on any atom is 0.337 e. The largest absolute Gasteiger partial charge is 0.463 e. The van der Waals surface area contributed by atoms with Gasteiger partial charge >= 0.3 is 5.97 Å². The number of rotatable bonds is 6. The van der Waals surface area contributed by atoms with Crippen LogP contribution in [0.15, 0.2) is 27.9 Å². The molecule has 2 unspecified atom stereocenters. The van der Waals surface area contributed by atoms with E-state index in [-0.39, 0.29) is 0 Å². The summed E-state index contributed by atoms with van der Waals surface area (Å²) in [7, 11) is 1.78. The van der Waals surface area contributed by atoms with Crippen LogP contribution in [0.1, 0.15) is 13.3 Å². The van der Waals surface area contributed by atoms with Crippen molar-refractivity contribution in [1.82, 2.24) is 16.0 Å². The molecule has 0 amide bonds. The Balaban J connectivity index is 2.22. The van der Waals surface area contributed by atoms with Gasteiger partial charge in [0.2, 0.25) is 0 Å². The molecule has 0 aliphatic carbocycles. The van der Waals surface area contributed by atoms with Crippen LogP contribution in [0.25, 0.3) is 0 Å². The first kappa shape index (κ1) is 15.6. The maximum absolute atomic E-state index is 12.1. The second-order valence-corrected chi connectivity index (χ2v) is 5.53. The summed E-state index contributed by atoms with van der Waals surface area (Å²) in [6.45, 7) is 2.06. The molecule has 0 fully saturated rings. The van der Waals surface area contributed by atoms with E-state index in [1.807, 2.05) is 5.41 Å². The lowest BCUT2D eigenvalue weighted by Crippen LogP contribution is -2.59. The summed E-state index contributed by atoms with van der Waals surface area (Å²) in [5.41, 5.74) is 1.22. The first-order valence-corrected chi connectivity index (χ1v) is 7.47. The van der Waals surface area contributed by atoms with Crippen LogP contribution in [0.3, 0.4) is 0 Å². The Morgan fingerprint density at radius 3 is 3.14 bits per heavy atom. The average Bonchev–Trinajstić information content (AvgIpc) is 2.92. The van der Waals surface area contributed by atoms with E-state index < -0.39 is 17.0 Å². The fourth-order valence-electron chi connectivity index (χ4n) is 2.15. The summed E-state index contributed by atoms with van der Waals surface area (Å²) >= 11 is 1.45. The van der Waals surface area contributed by atoms with Gasteiger partial charge in [0, 0.05) is 18.3 Å². The number of thioether (sulfide) groups is 1. The molecule has 0 aromatic rings. The summed E-state index contributed by atoms with van der Waals surface area (Å²) in [5, 5.41) is 11.1. The first-order chi connectivity index (χ1) is 10.2. The normalized spacial score (nSPS) is 27.2. The highest BCUT2D eigenvalue weighted by Crippen LogP contribution is 2.37. The van der Waals surface area contributed by atoms with Crippen molar-refractivity contribution >= 4 is 30.4 Å². The third-order valence-electron chi connectivity index (χ3n) is 3.14. The summed E-state index contributed by atoms with van der Waals surface area (Å²) in [4.78, 5) is 26.4. The van der Waals surface area contributed by atoms with Crippen LogP contribution < -0.4 is 16.0 Å². The van der Waals surface area contributed by atoms with E-state index in [9.17, 15) is 9.59 Å². The Labute approximate surface area is 127 Å². The molecule has 2 aliphatic rings. The summed E-state index contributed by atoms with van der Waals surface area (Å²) in [6.07, 6.45) is 4.25. The van der Waals surface area contributed by atoms with Crippen LogP contribution in [0.4, 0.5) is 0 Å². The van der Waals surface area contributed by atoms with Crippen molar-refractivity contribution < 1.29 is 14.3 Å². The molecule has 2 atom stereocenters. The van der Waals surface area contributed by atoms with E-state index in [4.69, 9.17) is 4.74 Å². The van der Waals surface area contributed by atoms with Crippen LogP contribution >= 0.6 is 11.8 Å². The molecule has 114 valence electrons. The fraction of sp³-hybridized carbons (Fsp3) is 0.462. The molecular formula is C13H18N4O3S. The standard InChI is InChI=1S/C13H18N4O3S/c1-3-20-12(19)10-6-15-8-16-11(10)13(14-2)17-9(4-5-18)7-21-13/h5-8,11,14,17H,3-4H2,1-2H3,(H,15,16). The minimum atomic E-state index is -0.713. The van der Waals surface area contributed by atoms with Gasteiger partial charge in [0.1, 0.15) is 12.3 Å². The van der Waals surface area contributed by atoms with Gasteiger partial charge in [0.15, 0.2) is 4.99 Å². The topological polar surface area (TPSA) is 91.8 Å². The van der Waals surface area contributed by atoms with Crippen LogP contribution in [-0.4, -0.2) is 43.3 Å². The van der Waals surface area contributed by atoms with Gasteiger partial charge in [-0.2, -0.15) is 0 Å². The minimum Gasteiger partial charge on any atom is -0.463 e. The van der Waals surface area contributed by atoms with Gasteiger partial charge in [0.05, 0.1) is 18.5 Å². The number of hydrogen-bond donors (Lipinski definition) is 3. The lowest BCUT2D eigenvalue weighted by molar-refractivity contribution is -0.139. The van der Waals surface area contributed by atoms with Crippen LogP contribution in [0.2, 0.25) is 0 Å². The molecule has 2 heterocycles. The van der Waals surface area contributed by atoms with E-state index >= 15 is 0 Å². The molecule has 0 aromatic carbocycles. The molecule has 2 aliphatic heterocycles. The smallest absolute Gasteiger partial charge is 0.337 e. The third kappa shape index (κ3) is 3.11. The lowest BCUT2D eigenvalue weighted by atomic mass is 10.0. The van der Waals surface area contributed by atoms with Crippen LogP contribution in [-0.2, 0) is 14.3 Å². The lowest BCUT2D eigenvalue weighted by Gasteiger charge is -2.36. The van der Waals surface area contributed by atoms with Gasteiger partial charge in [-0.25, -0.2) is 4.79 Å². The third-order valence-corrected chi connectivity index (χ3v) is 4.44. The SMILES string of the molecule is CCOC(=O)C1=CNC=NC1C1(NC)NC(CC=O)=CS1. The highest BCUT2D eigenvalue weighted by atomic mass is 32.2. The maximum atomic E-state index is 12.1. The van der Waals surface area contributed by atoms with Crippen molar-refractivity contribution in [3.8, 4) is 0 Å². The number of esters is 1. The molecule has 0 saturated heterocycles. The number of carbonyl (C=O) groups excluding carboxylic acids is 2. The predicted molar refractivity (Wildman–Crippen MR) is 81.4 cm³/mol. The molecule has 0 aromatic heterocycles. The van der Waals surface area contributed by atoms with Crippen LogP contribution in [0, 0.1) is 0 Å². The Morgan fingerprint density at radius 1 is 1.67 bits per heavy atom. The highest BCUT2D eigenvalue weighted by Gasteiger charge is 2.46. The van der Waals surface area contributed by atoms with Crippen LogP contribution in [0.5, 0.6) is 0 Å². The highest BCUT2D eigenvalue weighted by molar-refractivity contribution is 8.03. The number of nitrogens with one attached hydrogen (secondary N) is 3. The summed E-state index contributed by atoms with van der Waals surface area (Å²) in [5.74, 6) is -0.410. The summed E-state index contributed by atoms with van der Waals surface area (Å²) in [6, 6.07) is -0.479. The van der Waals surface area contributed by atoms with Crippen molar-refractivity contribution in [2.45, 2.75) is 24.4 Å². The molecule has 2 rings (SSSR count). The molecule has 8 heteroatoms. The van der Waals surface area contributed by atoms with Crippen molar-refractivity contribution in [2.75, 3.05) is 13.7 Å². The fourth-order valence-corrected chi connectivity index (χ4v) is 3.26. The van der Waals surface area contributed by atoms with Gasteiger partial charge in [-0.1, -0.05) is 11.8 Å². The van der Waals surface area contributed by atoms with Gasteiger partial charge < -0.3 is 20.2 Å². The van der Waals surface area contributed by atoms with Gasteiger partial charge in [-0.3, -0.25) is 10.3 Å². The van der Waals surface area contributed by atoms with E-state index in [1.165, 1.54) is 18.1 Å². The summed E-state index contributed by atoms with van der Waals surface area (Å²) < 4.78 is 5.08. The number of ether oxygens (including phenoxy) is 1. The van der Waals surface area contributed by atoms with Gasteiger partial charge in [-0.15, -0.1) is 0 Å². The zero-order valence-electron chi connectivity index (χ0n) is 11.9. The van der Waals surface area contributed by atoms with E-state index in [1.54, 1.807) is 20.2 Å². The molecule has 0 bridgehead atoms. The monoisotopic (exact) mass is 310 g/mol. The van der Waals surface area contributed by atoms with Crippen molar-refractivity contribution in [2.24, 2.45) is 4.99 Å². The molecule has 7 nitrogen and oxygen atoms in total. The number of aldehydes is 1. The first-order valence-electron chi connectivity index (χ1n) is 6.59. The number of hydrogen-bond acceptors (Lipinski definition) is 8. The number of allylic oxidation sites excluding steroid dienone is 1. The molecular weight excluding hydrogens is 292 g/mol. The minimum absolute atomic E-state index is 0.295. The predicted octanol–water partition coefficient (Wildman–Crippen LogP) is 0.0735. The van der Waals surface area contributed by atoms with Gasteiger partial charge in [-0.05, 0) is 19.4 Å². The van der Waals surface area contributed by atoms with Crippen molar-refractivity contribution in [3.63, 3.8) is 0 Å². The number of aliphatic imine (C=N–C) groups is 1. The zero-order chi connectivity index (χ0) is 15.3. The zero-order valence-corrected chi connectivity index (χ0v) is 12.7. The molecule has 21 heavy (non-hydrogen) atoms. The molecule has 0 saturated carbocycles. The Bertz CT molecular complexity index is 518. The Morgan fingerprint density at radius 2 is 2.48 bits per heavy atom. The number of nitrogens with zero attached hydrogens (tertiary/aromatic N) is 1. The number of likely N-dealkylation sites (N-methyl/N-ethyl adjacent to an activating group) is 1. The quantitative estimate of drug-likeness (QED) is 0.472. The van der Waals surface area contributed by atoms with E-state index in [0.29, 0.717) is 18.6 Å². The second kappa shape index (κ2) is 6.77. The molecule has 3 N–H and O–H groups in total. The Hall–Kier alpha value is -1.80.